The molecule has 1 aromatic carbocycles. The summed E-state index contributed by atoms with van der Waals surface area (Å²) in [4.78, 5) is 28.7. The van der Waals surface area contributed by atoms with E-state index < -0.39 is 0 Å². The Hall–Kier alpha value is -2.85. The van der Waals surface area contributed by atoms with E-state index in [4.69, 9.17) is 9.68 Å². The van der Waals surface area contributed by atoms with Gasteiger partial charge in [0.15, 0.2) is 0 Å². The van der Waals surface area contributed by atoms with Gasteiger partial charge in [-0.25, -0.2) is 0 Å². The maximum Gasteiger partial charge on any atom is 0.251 e. The number of hydrogen-bond donors (Lipinski definition) is 1. The first-order valence-electron chi connectivity index (χ1n) is 9.33. The van der Waals surface area contributed by atoms with E-state index in [1.807, 2.05) is 12.1 Å². The first-order chi connectivity index (χ1) is 13.1. The van der Waals surface area contributed by atoms with E-state index in [0.717, 1.165) is 31.2 Å². The van der Waals surface area contributed by atoms with Crippen LogP contribution in [-0.4, -0.2) is 59.9 Å². The minimum Gasteiger partial charge on any atom is -0.464 e. The average Bonchev–Trinajstić information content (AvgIpc) is 3.41. The number of nitriles is 1. The van der Waals surface area contributed by atoms with Crippen molar-refractivity contribution in [3.05, 3.63) is 36.1 Å². The van der Waals surface area contributed by atoms with Crippen molar-refractivity contribution in [2.45, 2.75) is 31.3 Å². The molecule has 3 heterocycles. The molecule has 0 aliphatic carbocycles. The number of benzene rings is 1. The second-order valence-corrected chi connectivity index (χ2v) is 7.24. The summed E-state index contributed by atoms with van der Waals surface area (Å²) < 4.78 is 5.35. The lowest BCUT2D eigenvalue weighted by Gasteiger charge is -2.23. The van der Waals surface area contributed by atoms with Gasteiger partial charge in [-0.1, -0.05) is 6.07 Å². The maximum atomic E-state index is 12.5. The molecule has 140 valence electrons. The fourth-order valence-corrected chi connectivity index (χ4v) is 3.94. The zero-order valence-electron chi connectivity index (χ0n) is 15.1. The molecule has 2 saturated heterocycles. The molecule has 2 atom stereocenters. The lowest BCUT2D eigenvalue weighted by Crippen LogP contribution is -2.43. The molecule has 0 saturated carbocycles. The maximum absolute atomic E-state index is 12.5. The normalized spacial score (nSPS) is 22.9. The van der Waals surface area contributed by atoms with E-state index in [1.54, 1.807) is 23.3 Å². The van der Waals surface area contributed by atoms with Crippen molar-refractivity contribution in [2.24, 2.45) is 0 Å². The van der Waals surface area contributed by atoms with Crippen LogP contribution in [0.1, 0.15) is 29.6 Å². The fourth-order valence-electron chi connectivity index (χ4n) is 3.94. The first-order valence-corrected chi connectivity index (χ1v) is 9.33. The highest BCUT2D eigenvalue weighted by molar-refractivity contribution is 5.97. The molecule has 1 N–H and O–H groups in total. The zero-order chi connectivity index (χ0) is 18.8. The van der Waals surface area contributed by atoms with Crippen LogP contribution >= 0.6 is 0 Å². The number of amides is 2. The Morgan fingerprint density at radius 1 is 1.26 bits per heavy atom. The van der Waals surface area contributed by atoms with Gasteiger partial charge in [-0.3, -0.25) is 14.5 Å². The molecule has 2 fully saturated rings. The van der Waals surface area contributed by atoms with Gasteiger partial charge in [0.1, 0.15) is 11.6 Å². The highest BCUT2D eigenvalue weighted by atomic mass is 16.3. The SMILES string of the molecule is N#CC1CCCN1C(=O)CN1CC[C@H](NC(=O)c2ccc3ccoc3c2)C1. The Bertz CT molecular complexity index is 900. The fraction of sp³-hybridized carbons (Fsp3) is 0.450. The van der Waals surface area contributed by atoms with Gasteiger partial charge >= 0.3 is 0 Å². The van der Waals surface area contributed by atoms with Gasteiger partial charge < -0.3 is 14.6 Å². The summed E-state index contributed by atoms with van der Waals surface area (Å²) in [6.07, 6.45) is 4.07. The third-order valence-electron chi connectivity index (χ3n) is 5.41. The van der Waals surface area contributed by atoms with Crippen LogP contribution in [-0.2, 0) is 4.79 Å². The molecule has 1 unspecified atom stereocenters. The van der Waals surface area contributed by atoms with Crippen molar-refractivity contribution in [2.75, 3.05) is 26.2 Å². The lowest BCUT2D eigenvalue weighted by molar-refractivity contribution is -0.132. The summed E-state index contributed by atoms with van der Waals surface area (Å²) in [6.45, 7) is 2.38. The monoisotopic (exact) mass is 366 g/mol. The van der Waals surface area contributed by atoms with Crippen LogP contribution in [0.2, 0.25) is 0 Å². The molecule has 7 heteroatoms. The Kier molecular flexibility index (Phi) is 4.82. The first kappa shape index (κ1) is 17.6. The van der Waals surface area contributed by atoms with Crippen LogP contribution in [0.25, 0.3) is 11.0 Å². The van der Waals surface area contributed by atoms with E-state index >= 15 is 0 Å². The van der Waals surface area contributed by atoms with Crippen molar-refractivity contribution in [1.29, 1.82) is 5.26 Å². The Morgan fingerprint density at radius 2 is 2.15 bits per heavy atom. The third kappa shape index (κ3) is 3.67. The summed E-state index contributed by atoms with van der Waals surface area (Å²) in [5.41, 5.74) is 1.26. The van der Waals surface area contributed by atoms with Crippen LogP contribution in [0.3, 0.4) is 0 Å². The van der Waals surface area contributed by atoms with E-state index in [-0.39, 0.29) is 23.9 Å². The number of fused-ring (bicyclic) bond motifs is 1. The highest BCUT2D eigenvalue weighted by Crippen LogP contribution is 2.19. The minimum absolute atomic E-state index is 0.00861. The number of rotatable bonds is 4. The second kappa shape index (κ2) is 7.41. The van der Waals surface area contributed by atoms with Gasteiger partial charge in [-0.05, 0) is 37.5 Å². The summed E-state index contributed by atoms with van der Waals surface area (Å²) in [5, 5.41) is 13.1. The number of hydrogen-bond acceptors (Lipinski definition) is 5. The van der Waals surface area contributed by atoms with Crippen LogP contribution in [0, 0.1) is 11.3 Å². The number of furan rings is 1. The highest BCUT2D eigenvalue weighted by Gasteiger charge is 2.31. The van der Waals surface area contributed by atoms with Crippen LogP contribution < -0.4 is 5.32 Å². The quantitative estimate of drug-likeness (QED) is 0.890. The van der Waals surface area contributed by atoms with E-state index in [2.05, 4.69) is 16.3 Å². The third-order valence-corrected chi connectivity index (χ3v) is 5.41. The Labute approximate surface area is 157 Å². The molecule has 2 aromatic rings. The predicted octanol–water partition coefficient (Wildman–Crippen LogP) is 1.75. The predicted molar refractivity (Wildman–Crippen MR) is 98.9 cm³/mol. The molecule has 2 amide bonds. The van der Waals surface area contributed by atoms with Crippen molar-refractivity contribution in [3.8, 4) is 6.07 Å². The topological polar surface area (TPSA) is 89.6 Å². The number of nitrogens with one attached hydrogen (secondary N) is 1. The summed E-state index contributed by atoms with van der Waals surface area (Å²) >= 11 is 0. The number of likely N-dealkylation sites (tertiary alicyclic amines) is 2. The minimum atomic E-state index is -0.285. The van der Waals surface area contributed by atoms with Crippen LogP contribution in [0.5, 0.6) is 0 Å². The molecule has 1 aromatic heterocycles. The molecule has 0 radical (unpaired) electrons. The molecular formula is C20H22N4O3. The smallest absolute Gasteiger partial charge is 0.251 e. The van der Waals surface area contributed by atoms with Crippen molar-refractivity contribution >= 4 is 22.8 Å². The van der Waals surface area contributed by atoms with Gasteiger partial charge in [0.2, 0.25) is 5.91 Å². The molecule has 2 aliphatic rings. The molecule has 7 nitrogen and oxygen atoms in total. The standard InChI is InChI=1S/C20H22N4O3/c21-11-17-2-1-7-24(17)19(25)13-23-8-5-16(12-23)22-20(26)15-4-3-14-6-9-27-18(14)10-15/h3-4,6,9-10,16-17H,1-2,5,7-8,12-13H2,(H,22,26)/t16-,17?/m0/s1. The number of carbonyl (C=O) groups is 2. The average molecular weight is 366 g/mol. The van der Waals surface area contributed by atoms with Gasteiger partial charge in [0, 0.05) is 36.6 Å². The second-order valence-electron chi connectivity index (χ2n) is 7.24. The number of carbonyl (C=O) groups excluding carboxylic acids is 2. The van der Waals surface area contributed by atoms with E-state index in [0.29, 0.717) is 30.8 Å². The summed E-state index contributed by atoms with van der Waals surface area (Å²) in [5.74, 6) is -0.120. The largest absolute Gasteiger partial charge is 0.464 e. The van der Waals surface area contributed by atoms with Crippen LogP contribution in [0.4, 0.5) is 0 Å². The molecular weight excluding hydrogens is 344 g/mol. The van der Waals surface area contributed by atoms with Gasteiger partial charge in [0.25, 0.3) is 5.91 Å². The van der Waals surface area contributed by atoms with Crippen molar-refractivity contribution < 1.29 is 14.0 Å². The van der Waals surface area contributed by atoms with E-state index in [1.165, 1.54) is 0 Å². The molecule has 27 heavy (non-hydrogen) atoms. The molecule has 0 spiro atoms. The van der Waals surface area contributed by atoms with Gasteiger partial charge in [-0.15, -0.1) is 0 Å². The lowest BCUT2D eigenvalue weighted by atomic mass is 10.1. The number of nitrogens with zero attached hydrogens (tertiary/aromatic N) is 3. The van der Waals surface area contributed by atoms with E-state index in [9.17, 15) is 9.59 Å². The molecule has 2 aliphatic heterocycles. The zero-order valence-corrected chi connectivity index (χ0v) is 15.1. The van der Waals surface area contributed by atoms with Gasteiger partial charge in [-0.2, -0.15) is 5.26 Å². The van der Waals surface area contributed by atoms with Crippen molar-refractivity contribution in [3.63, 3.8) is 0 Å². The van der Waals surface area contributed by atoms with Crippen LogP contribution in [0.15, 0.2) is 34.9 Å². The molecule has 4 rings (SSSR count). The molecule has 0 bridgehead atoms. The Morgan fingerprint density at radius 3 is 3.00 bits per heavy atom. The summed E-state index contributed by atoms with van der Waals surface area (Å²) in [6, 6.07) is 9.21. The Balaban J connectivity index is 1.31. The van der Waals surface area contributed by atoms with Gasteiger partial charge in [0.05, 0.1) is 18.9 Å². The van der Waals surface area contributed by atoms with Crippen molar-refractivity contribution in [1.82, 2.24) is 15.1 Å². The summed E-state index contributed by atoms with van der Waals surface area (Å²) in [7, 11) is 0.